The second kappa shape index (κ2) is 14.0. The first-order valence-electron chi connectivity index (χ1n) is 7.62. The van der Waals surface area contributed by atoms with E-state index in [4.69, 9.17) is 4.84 Å². The van der Waals surface area contributed by atoms with E-state index in [0.717, 1.165) is 25.5 Å². The van der Waals surface area contributed by atoms with Crippen LogP contribution in [0.25, 0.3) is 0 Å². The Kier molecular flexibility index (Phi) is 13.9. The molecule has 2 nitrogen and oxygen atoms in total. The summed E-state index contributed by atoms with van der Waals surface area (Å²) in [5, 5.41) is 0. The number of hydrogen-bond donors (Lipinski definition) is 1. The van der Waals surface area contributed by atoms with Crippen LogP contribution in [-0.2, 0) is 4.84 Å². The number of rotatable bonds is 13. The van der Waals surface area contributed by atoms with E-state index < -0.39 is 0 Å². The molecule has 0 saturated heterocycles. The molecule has 0 rings (SSSR count). The third kappa shape index (κ3) is 15.9. The molecular formula is C15H33NO. The van der Waals surface area contributed by atoms with Gasteiger partial charge in [-0.25, -0.2) is 5.48 Å². The summed E-state index contributed by atoms with van der Waals surface area (Å²) in [6.45, 7) is 8.61. The molecule has 0 aromatic rings. The van der Waals surface area contributed by atoms with E-state index in [1.807, 2.05) is 0 Å². The highest BCUT2D eigenvalue weighted by Gasteiger charge is 1.95. The third-order valence-electron chi connectivity index (χ3n) is 2.98. The fraction of sp³-hybridized carbons (Fsp3) is 1.00. The zero-order valence-corrected chi connectivity index (χ0v) is 12.3. The van der Waals surface area contributed by atoms with E-state index in [1.165, 1.54) is 51.4 Å². The van der Waals surface area contributed by atoms with Crippen molar-refractivity contribution < 1.29 is 4.84 Å². The molecule has 2 heteroatoms. The van der Waals surface area contributed by atoms with Crippen molar-refractivity contribution in [3.8, 4) is 0 Å². The van der Waals surface area contributed by atoms with Crippen molar-refractivity contribution >= 4 is 0 Å². The summed E-state index contributed by atoms with van der Waals surface area (Å²) in [6.07, 6.45) is 12.1. The zero-order valence-electron chi connectivity index (χ0n) is 12.3. The highest BCUT2D eigenvalue weighted by Crippen LogP contribution is 2.11. The Morgan fingerprint density at radius 1 is 0.882 bits per heavy atom. The average molecular weight is 243 g/mol. The minimum Gasteiger partial charge on any atom is -0.302 e. The Labute approximate surface area is 108 Å². The van der Waals surface area contributed by atoms with Gasteiger partial charge in [-0.1, -0.05) is 65.7 Å². The van der Waals surface area contributed by atoms with Gasteiger partial charge in [-0.3, -0.25) is 0 Å². The summed E-state index contributed by atoms with van der Waals surface area (Å²) >= 11 is 0. The summed E-state index contributed by atoms with van der Waals surface area (Å²) in [4.78, 5) is 5.30. The molecule has 0 aliphatic rings. The lowest BCUT2D eigenvalue weighted by Crippen LogP contribution is -2.15. The maximum atomic E-state index is 5.30. The molecule has 0 heterocycles. The summed E-state index contributed by atoms with van der Waals surface area (Å²) in [5.74, 6) is 0.878. The second-order valence-electron chi connectivity index (χ2n) is 5.40. The molecule has 0 amide bonds. The molecule has 0 bridgehead atoms. The van der Waals surface area contributed by atoms with Crippen LogP contribution in [-0.4, -0.2) is 13.2 Å². The Hall–Kier alpha value is -0.0800. The van der Waals surface area contributed by atoms with Gasteiger partial charge >= 0.3 is 0 Å². The van der Waals surface area contributed by atoms with E-state index in [-0.39, 0.29) is 0 Å². The molecule has 1 N–H and O–H groups in total. The molecule has 0 atom stereocenters. The van der Waals surface area contributed by atoms with Gasteiger partial charge in [0.15, 0.2) is 0 Å². The van der Waals surface area contributed by atoms with Gasteiger partial charge < -0.3 is 4.84 Å². The lowest BCUT2D eigenvalue weighted by Gasteiger charge is -2.05. The summed E-state index contributed by atoms with van der Waals surface area (Å²) in [6, 6.07) is 0. The quantitative estimate of drug-likeness (QED) is 0.374. The molecule has 0 aliphatic heterocycles. The first-order valence-corrected chi connectivity index (χ1v) is 7.62. The number of hydroxylamine groups is 1. The minimum absolute atomic E-state index is 0.868. The van der Waals surface area contributed by atoms with Crippen molar-refractivity contribution in [3.05, 3.63) is 0 Å². The van der Waals surface area contributed by atoms with E-state index in [0.29, 0.717) is 0 Å². The molecule has 0 aromatic heterocycles. The van der Waals surface area contributed by atoms with Gasteiger partial charge in [0, 0.05) is 6.54 Å². The number of nitrogens with one attached hydrogen (secondary N) is 1. The van der Waals surface area contributed by atoms with E-state index in [9.17, 15) is 0 Å². The van der Waals surface area contributed by atoms with Gasteiger partial charge in [-0.05, 0) is 18.8 Å². The Bertz CT molecular complexity index is 137. The maximum absolute atomic E-state index is 5.30. The molecule has 104 valence electrons. The van der Waals surface area contributed by atoms with Crippen molar-refractivity contribution in [2.75, 3.05) is 13.2 Å². The fourth-order valence-corrected chi connectivity index (χ4v) is 1.86. The Balaban J connectivity index is 2.89. The summed E-state index contributed by atoms with van der Waals surface area (Å²) in [7, 11) is 0. The lowest BCUT2D eigenvalue weighted by molar-refractivity contribution is 0.0387. The third-order valence-corrected chi connectivity index (χ3v) is 2.98. The predicted octanol–water partition coefficient (Wildman–Crippen LogP) is 4.69. The van der Waals surface area contributed by atoms with Gasteiger partial charge in [-0.2, -0.15) is 0 Å². The van der Waals surface area contributed by atoms with Crippen LogP contribution in [0.15, 0.2) is 0 Å². The van der Waals surface area contributed by atoms with Crippen molar-refractivity contribution in [1.29, 1.82) is 0 Å². The van der Waals surface area contributed by atoms with Crippen LogP contribution in [0.3, 0.4) is 0 Å². The molecule has 0 saturated carbocycles. The maximum Gasteiger partial charge on any atom is 0.0682 e. The normalized spacial score (nSPS) is 11.3. The highest BCUT2D eigenvalue weighted by molar-refractivity contribution is 4.49. The smallest absolute Gasteiger partial charge is 0.0682 e. The second-order valence-corrected chi connectivity index (χ2v) is 5.40. The van der Waals surface area contributed by atoms with Gasteiger partial charge in [0.1, 0.15) is 0 Å². The molecule has 0 unspecified atom stereocenters. The topological polar surface area (TPSA) is 21.3 Å². The Morgan fingerprint density at radius 3 is 2.06 bits per heavy atom. The van der Waals surface area contributed by atoms with E-state index >= 15 is 0 Å². The molecular weight excluding hydrogens is 210 g/mol. The van der Waals surface area contributed by atoms with Crippen molar-refractivity contribution in [2.45, 2.75) is 78.6 Å². The monoisotopic (exact) mass is 243 g/mol. The van der Waals surface area contributed by atoms with Gasteiger partial charge in [0.05, 0.1) is 6.61 Å². The van der Waals surface area contributed by atoms with Gasteiger partial charge in [0.2, 0.25) is 0 Å². The summed E-state index contributed by atoms with van der Waals surface area (Å²) < 4.78 is 0. The number of hydrogen-bond acceptors (Lipinski definition) is 2. The van der Waals surface area contributed by atoms with Crippen molar-refractivity contribution in [3.63, 3.8) is 0 Å². The van der Waals surface area contributed by atoms with E-state index in [1.54, 1.807) is 0 Å². The first kappa shape index (κ1) is 16.9. The lowest BCUT2D eigenvalue weighted by atomic mass is 10.0. The molecule has 0 spiro atoms. The van der Waals surface area contributed by atoms with Crippen LogP contribution in [0.1, 0.15) is 78.6 Å². The largest absolute Gasteiger partial charge is 0.302 e. The molecule has 17 heavy (non-hydrogen) atoms. The van der Waals surface area contributed by atoms with Gasteiger partial charge in [0.25, 0.3) is 0 Å². The van der Waals surface area contributed by atoms with Crippen LogP contribution in [0.4, 0.5) is 0 Å². The average Bonchev–Trinajstić information content (AvgIpc) is 2.30. The van der Waals surface area contributed by atoms with Crippen LogP contribution < -0.4 is 5.48 Å². The fourth-order valence-electron chi connectivity index (χ4n) is 1.86. The zero-order chi connectivity index (χ0) is 12.8. The van der Waals surface area contributed by atoms with Crippen LogP contribution in [0.2, 0.25) is 0 Å². The molecule has 0 radical (unpaired) electrons. The van der Waals surface area contributed by atoms with E-state index in [2.05, 4.69) is 26.3 Å². The summed E-state index contributed by atoms with van der Waals surface area (Å²) in [5.41, 5.74) is 2.96. The standard InChI is InChI=1S/C15H33NO/c1-4-13-16-17-14-11-9-7-5-6-8-10-12-15(2)3/h15-16H,4-14H2,1-3H3. The predicted molar refractivity (Wildman–Crippen MR) is 76.0 cm³/mol. The number of unbranched alkanes of at least 4 members (excludes halogenated alkanes) is 6. The Morgan fingerprint density at radius 2 is 1.47 bits per heavy atom. The van der Waals surface area contributed by atoms with Crippen molar-refractivity contribution in [2.24, 2.45) is 5.92 Å². The first-order chi connectivity index (χ1) is 8.27. The van der Waals surface area contributed by atoms with Crippen LogP contribution in [0, 0.1) is 5.92 Å². The highest BCUT2D eigenvalue weighted by atomic mass is 16.6. The van der Waals surface area contributed by atoms with Crippen LogP contribution >= 0.6 is 0 Å². The molecule has 0 fully saturated rings. The van der Waals surface area contributed by atoms with Crippen molar-refractivity contribution in [1.82, 2.24) is 5.48 Å². The van der Waals surface area contributed by atoms with Crippen LogP contribution in [0.5, 0.6) is 0 Å². The SMILES string of the molecule is CCCNOCCCCCCCCCC(C)C. The molecule has 0 aliphatic carbocycles. The van der Waals surface area contributed by atoms with Gasteiger partial charge in [-0.15, -0.1) is 0 Å². The minimum atomic E-state index is 0.868. The molecule has 0 aromatic carbocycles.